The Morgan fingerprint density at radius 1 is 0.892 bits per heavy atom. The SMILES string of the molecule is COc1cn(Cc2ccccc2)c(Nc2cc(-n3c(C)c4c(C)nnc(C)c4c3C)ccc2C)nc1=O. The van der Waals surface area contributed by atoms with Crippen LogP contribution in [0, 0.1) is 34.6 Å². The van der Waals surface area contributed by atoms with Crippen molar-refractivity contribution in [1.29, 1.82) is 0 Å². The number of nitrogens with zero attached hydrogens (tertiary/aromatic N) is 5. The predicted molar refractivity (Wildman–Crippen MR) is 146 cm³/mol. The second-order valence-electron chi connectivity index (χ2n) is 9.30. The first-order valence-electron chi connectivity index (χ1n) is 12.2. The Hall–Kier alpha value is -4.46. The van der Waals surface area contributed by atoms with Crippen LogP contribution in [-0.2, 0) is 6.54 Å². The lowest BCUT2D eigenvalue weighted by atomic mass is 10.1. The molecule has 3 heterocycles. The quantitative estimate of drug-likeness (QED) is 0.344. The molecule has 5 rings (SSSR count). The molecule has 2 aromatic carbocycles. The molecule has 0 spiro atoms. The summed E-state index contributed by atoms with van der Waals surface area (Å²) in [5.74, 6) is 0.645. The summed E-state index contributed by atoms with van der Waals surface area (Å²) in [4.78, 5) is 16.9. The Balaban J connectivity index is 1.61. The monoisotopic (exact) mass is 494 g/mol. The van der Waals surface area contributed by atoms with Gasteiger partial charge < -0.3 is 19.2 Å². The van der Waals surface area contributed by atoms with Crippen molar-refractivity contribution in [2.24, 2.45) is 0 Å². The summed E-state index contributed by atoms with van der Waals surface area (Å²) < 4.78 is 9.39. The highest BCUT2D eigenvalue weighted by Gasteiger charge is 2.18. The van der Waals surface area contributed by atoms with E-state index in [4.69, 9.17) is 4.74 Å². The number of ether oxygens (including phenoxy) is 1. The molecule has 0 saturated carbocycles. The van der Waals surface area contributed by atoms with E-state index < -0.39 is 5.56 Å². The molecule has 5 aromatic rings. The molecule has 188 valence electrons. The number of nitrogens with one attached hydrogen (secondary N) is 1. The van der Waals surface area contributed by atoms with E-state index in [0.29, 0.717) is 12.5 Å². The van der Waals surface area contributed by atoms with Crippen molar-refractivity contribution in [2.45, 2.75) is 41.2 Å². The Morgan fingerprint density at radius 3 is 2.16 bits per heavy atom. The van der Waals surface area contributed by atoms with Gasteiger partial charge in [0.05, 0.1) is 31.2 Å². The number of rotatable bonds is 6. The van der Waals surface area contributed by atoms with Gasteiger partial charge in [0.2, 0.25) is 11.7 Å². The van der Waals surface area contributed by atoms with Crippen molar-refractivity contribution in [1.82, 2.24) is 24.3 Å². The zero-order valence-corrected chi connectivity index (χ0v) is 22.0. The van der Waals surface area contributed by atoms with Crippen LogP contribution in [0.25, 0.3) is 16.5 Å². The fourth-order valence-corrected chi connectivity index (χ4v) is 4.98. The van der Waals surface area contributed by atoms with Crippen molar-refractivity contribution in [3.63, 3.8) is 0 Å². The van der Waals surface area contributed by atoms with Gasteiger partial charge in [0.25, 0.3) is 0 Å². The molecule has 1 N–H and O–H groups in total. The molecule has 0 aliphatic rings. The minimum absolute atomic E-state index is 0.199. The van der Waals surface area contributed by atoms with Crippen LogP contribution in [0.2, 0.25) is 0 Å². The molecule has 0 unspecified atom stereocenters. The molecule has 0 saturated heterocycles. The van der Waals surface area contributed by atoms with Crippen molar-refractivity contribution in [3.8, 4) is 11.4 Å². The van der Waals surface area contributed by atoms with Crippen LogP contribution in [0.3, 0.4) is 0 Å². The average molecular weight is 495 g/mol. The van der Waals surface area contributed by atoms with Crippen LogP contribution in [-0.4, -0.2) is 31.4 Å². The van der Waals surface area contributed by atoms with Gasteiger partial charge in [0.15, 0.2) is 0 Å². The van der Waals surface area contributed by atoms with Gasteiger partial charge in [-0.25, -0.2) is 0 Å². The highest BCUT2D eigenvalue weighted by atomic mass is 16.5. The second-order valence-corrected chi connectivity index (χ2v) is 9.30. The summed E-state index contributed by atoms with van der Waals surface area (Å²) in [6, 6.07) is 16.3. The van der Waals surface area contributed by atoms with E-state index in [1.54, 1.807) is 6.20 Å². The first-order valence-corrected chi connectivity index (χ1v) is 12.2. The third kappa shape index (κ3) is 4.35. The van der Waals surface area contributed by atoms with E-state index in [0.717, 1.165) is 56.0 Å². The molecule has 3 aromatic heterocycles. The first-order chi connectivity index (χ1) is 17.8. The standard InChI is InChI=1S/C29H30N6O2/c1-17-12-13-23(35-20(4)26-18(2)32-33-19(3)27(26)21(35)5)14-24(17)30-29-31-28(36)25(37-6)16-34(29)15-22-10-8-7-9-11-22/h7-14,16H,15H2,1-6H3,(H,30,31,36). The van der Waals surface area contributed by atoms with Gasteiger partial charge in [-0.2, -0.15) is 15.2 Å². The van der Waals surface area contributed by atoms with E-state index in [2.05, 4.69) is 57.1 Å². The van der Waals surface area contributed by atoms with Crippen molar-refractivity contribution < 1.29 is 4.74 Å². The normalized spacial score (nSPS) is 11.2. The second kappa shape index (κ2) is 9.54. The van der Waals surface area contributed by atoms with E-state index >= 15 is 0 Å². The number of methoxy groups -OCH3 is 1. The number of hydrogen-bond acceptors (Lipinski definition) is 6. The zero-order valence-electron chi connectivity index (χ0n) is 22.0. The molecule has 0 atom stereocenters. The lowest BCUT2D eigenvalue weighted by Crippen LogP contribution is -2.19. The van der Waals surface area contributed by atoms with Crippen LogP contribution in [0.4, 0.5) is 11.6 Å². The van der Waals surface area contributed by atoms with Gasteiger partial charge in [0.1, 0.15) is 0 Å². The van der Waals surface area contributed by atoms with E-state index in [9.17, 15) is 4.79 Å². The van der Waals surface area contributed by atoms with Gasteiger partial charge in [-0.3, -0.25) is 4.79 Å². The van der Waals surface area contributed by atoms with Gasteiger partial charge >= 0.3 is 5.56 Å². The average Bonchev–Trinajstić information content (AvgIpc) is 3.16. The molecule has 8 heteroatoms. The fraction of sp³-hybridized carbons (Fsp3) is 0.241. The van der Waals surface area contributed by atoms with Gasteiger partial charge in [-0.1, -0.05) is 36.4 Å². The Morgan fingerprint density at radius 2 is 1.54 bits per heavy atom. The predicted octanol–water partition coefficient (Wildman–Crippen LogP) is 5.32. The first kappa shape index (κ1) is 24.2. The smallest absolute Gasteiger partial charge is 0.316 e. The number of anilines is 2. The maximum Gasteiger partial charge on any atom is 0.316 e. The molecule has 0 radical (unpaired) electrons. The summed E-state index contributed by atoms with van der Waals surface area (Å²) in [6.07, 6.45) is 1.70. The fourth-order valence-electron chi connectivity index (χ4n) is 4.98. The zero-order chi connectivity index (χ0) is 26.3. The number of fused-ring (bicyclic) bond motifs is 1. The summed E-state index contributed by atoms with van der Waals surface area (Å²) in [7, 11) is 1.48. The minimum atomic E-state index is -0.419. The Kier molecular flexibility index (Phi) is 6.25. The van der Waals surface area contributed by atoms with Crippen LogP contribution in [0.15, 0.2) is 59.5 Å². The van der Waals surface area contributed by atoms with E-state index in [1.807, 2.05) is 55.7 Å². The Labute approximate surface area is 215 Å². The highest BCUT2D eigenvalue weighted by Crippen LogP contribution is 2.33. The maximum atomic E-state index is 12.6. The Bertz CT molecular complexity index is 1640. The molecule has 8 nitrogen and oxygen atoms in total. The molecule has 0 amide bonds. The number of aryl methyl sites for hydroxylation is 5. The van der Waals surface area contributed by atoms with Crippen LogP contribution in [0.5, 0.6) is 5.75 Å². The summed E-state index contributed by atoms with van der Waals surface area (Å²) in [5, 5.41) is 14.4. The van der Waals surface area contributed by atoms with Crippen molar-refractivity contribution in [3.05, 3.63) is 99.0 Å². The van der Waals surface area contributed by atoms with Crippen LogP contribution < -0.4 is 15.6 Å². The summed E-state index contributed by atoms with van der Waals surface area (Å²) in [5.41, 5.74) is 7.61. The lowest BCUT2D eigenvalue weighted by Gasteiger charge is -2.18. The van der Waals surface area contributed by atoms with Gasteiger partial charge in [-0.05, 0) is 57.9 Å². The highest BCUT2D eigenvalue weighted by molar-refractivity contribution is 5.92. The number of benzene rings is 2. The number of aromatic nitrogens is 5. The third-order valence-electron chi connectivity index (χ3n) is 6.82. The lowest BCUT2D eigenvalue weighted by molar-refractivity contribution is 0.402. The molecular formula is C29H30N6O2. The van der Waals surface area contributed by atoms with Gasteiger partial charge in [0, 0.05) is 33.5 Å². The molecule has 0 fully saturated rings. The minimum Gasteiger partial charge on any atom is -0.490 e. The molecule has 0 bridgehead atoms. The summed E-state index contributed by atoms with van der Waals surface area (Å²) in [6.45, 7) is 10.8. The molecular weight excluding hydrogens is 464 g/mol. The largest absolute Gasteiger partial charge is 0.490 e. The van der Waals surface area contributed by atoms with E-state index in [-0.39, 0.29) is 5.75 Å². The number of hydrogen-bond donors (Lipinski definition) is 1. The van der Waals surface area contributed by atoms with Crippen molar-refractivity contribution in [2.75, 3.05) is 12.4 Å². The van der Waals surface area contributed by atoms with Crippen LogP contribution >= 0.6 is 0 Å². The topological polar surface area (TPSA) is 86.9 Å². The molecule has 37 heavy (non-hydrogen) atoms. The maximum absolute atomic E-state index is 12.6. The van der Waals surface area contributed by atoms with Crippen molar-refractivity contribution >= 4 is 22.4 Å². The van der Waals surface area contributed by atoms with Crippen LogP contribution in [0.1, 0.15) is 33.9 Å². The summed E-state index contributed by atoms with van der Waals surface area (Å²) >= 11 is 0. The third-order valence-corrected chi connectivity index (χ3v) is 6.82. The molecule has 0 aliphatic carbocycles. The van der Waals surface area contributed by atoms with Gasteiger partial charge in [-0.15, -0.1) is 0 Å². The molecule has 0 aliphatic heterocycles. The van der Waals surface area contributed by atoms with E-state index in [1.165, 1.54) is 7.11 Å².